The van der Waals surface area contributed by atoms with Gasteiger partial charge < -0.3 is 9.64 Å². The molecule has 1 aliphatic heterocycles. The molecule has 0 aromatic heterocycles. The van der Waals surface area contributed by atoms with Crippen LogP contribution in [0.5, 0.6) is 11.5 Å². The van der Waals surface area contributed by atoms with E-state index in [4.69, 9.17) is 4.74 Å². The molecule has 0 N–H and O–H groups in total. The van der Waals surface area contributed by atoms with E-state index in [9.17, 15) is 4.39 Å². The second-order valence-electron chi connectivity index (χ2n) is 3.74. The van der Waals surface area contributed by atoms with Gasteiger partial charge in [0, 0.05) is 13.1 Å². The lowest BCUT2D eigenvalue weighted by atomic mass is 10.2. The van der Waals surface area contributed by atoms with Gasteiger partial charge in [0.1, 0.15) is 5.82 Å². The minimum atomic E-state index is -0.256. The van der Waals surface area contributed by atoms with Crippen molar-refractivity contribution in [2.24, 2.45) is 0 Å². The second kappa shape index (κ2) is 3.23. The Balaban J connectivity index is 2.19. The molecule has 0 bridgehead atoms. The summed E-state index contributed by atoms with van der Waals surface area (Å²) in [7, 11) is 1.90. The van der Waals surface area contributed by atoms with Crippen LogP contribution in [-0.2, 0) is 0 Å². The van der Waals surface area contributed by atoms with E-state index < -0.39 is 0 Å². The van der Waals surface area contributed by atoms with Gasteiger partial charge in [-0.05, 0) is 24.3 Å². The second-order valence-corrected chi connectivity index (χ2v) is 3.74. The predicted molar refractivity (Wildman–Crippen MR) is 61.0 cm³/mol. The first-order valence-electron chi connectivity index (χ1n) is 5.06. The molecule has 0 saturated carbocycles. The Morgan fingerprint density at radius 1 is 1.00 bits per heavy atom. The number of rotatable bonds is 0. The zero-order chi connectivity index (χ0) is 11.1. The maximum absolute atomic E-state index is 13.2. The summed E-state index contributed by atoms with van der Waals surface area (Å²) in [6.07, 6.45) is 0. The number of benzene rings is 2. The van der Waals surface area contributed by atoms with Gasteiger partial charge in [0.05, 0.1) is 11.4 Å². The van der Waals surface area contributed by atoms with Crippen molar-refractivity contribution in [2.75, 3.05) is 11.9 Å². The third-order valence-corrected chi connectivity index (χ3v) is 2.73. The SMILES string of the molecule is CN1c2ccccc2Oc2ccc(F)cc21. The molecule has 0 spiro atoms. The molecule has 0 atom stereocenters. The van der Waals surface area contributed by atoms with Crippen LogP contribution in [-0.4, -0.2) is 7.05 Å². The first-order chi connectivity index (χ1) is 7.75. The molecule has 3 rings (SSSR count). The van der Waals surface area contributed by atoms with Crippen LogP contribution < -0.4 is 9.64 Å². The summed E-state index contributed by atoms with van der Waals surface area (Å²) in [5.41, 5.74) is 1.69. The van der Waals surface area contributed by atoms with Gasteiger partial charge in [-0.15, -0.1) is 0 Å². The van der Waals surface area contributed by atoms with Gasteiger partial charge >= 0.3 is 0 Å². The van der Waals surface area contributed by atoms with Crippen LogP contribution in [0.3, 0.4) is 0 Å². The standard InChI is InChI=1S/C13H10FNO/c1-15-10-4-2-3-5-12(10)16-13-7-6-9(14)8-11(13)15/h2-8H,1H3. The molecule has 3 heteroatoms. The van der Waals surface area contributed by atoms with E-state index in [1.807, 2.05) is 36.2 Å². The number of hydrogen-bond donors (Lipinski definition) is 0. The first kappa shape index (κ1) is 9.21. The average molecular weight is 215 g/mol. The summed E-state index contributed by atoms with van der Waals surface area (Å²) in [6.45, 7) is 0. The van der Waals surface area contributed by atoms with E-state index in [2.05, 4.69) is 0 Å². The van der Waals surface area contributed by atoms with E-state index in [0.29, 0.717) is 5.75 Å². The predicted octanol–water partition coefficient (Wildman–Crippen LogP) is 3.70. The smallest absolute Gasteiger partial charge is 0.151 e. The van der Waals surface area contributed by atoms with Crippen molar-refractivity contribution in [3.05, 3.63) is 48.3 Å². The number of anilines is 2. The average Bonchev–Trinajstić information content (AvgIpc) is 2.31. The van der Waals surface area contributed by atoms with Crippen molar-refractivity contribution in [3.8, 4) is 11.5 Å². The highest BCUT2D eigenvalue weighted by molar-refractivity contribution is 5.77. The third kappa shape index (κ3) is 1.25. The summed E-state index contributed by atoms with van der Waals surface area (Å²) in [5, 5.41) is 0. The van der Waals surface area contributed by atoms with E-state index in [1.165, 1.54) is 12.1 Å². The van der Waals surface area contributed by atoms with Crippen molar-refractivity contribution < 1.29 is 9.13 Å². The van der Waals surface area contributed by atoms with E-state index in [-0.39, 0.29) is 5.82 Å². The third-order valence-electron chi connectivity index (χ3n) is 2.73. The molecule has 2 aromatic carbocycles. The number of halogens is 1. The van der Waals surface area contributed by atoms with Crippen molar-refractivity contribution >= 4 is 11.4 Å². The fourth-order valence-corrected chi connectivity index (χ4v) is 1.91. The molecular formula is C13H10FNO. The minimum Gasteiger partial charge on any atom is -0.453 e. The molecule has 0 aliphatic carbocycles. The lowest BCUT2D eigenvalue weighted by molar-refractivity contribution is 0.473. The Hall–Kier alpha value is -2.03. The summed E-state index contributed by atoms with van der Waals surface area (Å²) < 4.78 is 18.9. The van der Waals surface area contributed by atoms with E-state index in [1.54, 1.807) is 6.07 Å². The molecule has 0 radical (unpaired) electrons. The molecule has 0 unspecified atom stereocenters. The molecule has 1 aliphatic rings. The van der Waals surface area contributed by atoms with Gasteiger partial charge in [0.15, 0.2) is 11.5 Å². The summed E-state index contributed by atoms with van der Waals surface area (Å²) in [5.74, 6) is 1.22. The quantitative estimate of drug-likeness (QED) is 0.664. The zero-order valence-electron chi connectivity index (χ0n) is 8.77. The highest BCUT2D eigenvalue weighted by Crippen LogP contribution is 2.45. The van der Waals surface area contributed by atoms with Gasteiger partial charge in [0.2, 0.25) is 0 Å². The number of hydrogen-bond acceptors (Lipinski definition) is 2. The van der Waals surface area contributed by atoms with Crippen molar-refractivity contribution in [3.63, 3.8) is 0 Å². The van der Waals surface area contributed by atoms with Gasteiger partial charge in [-0.25, -0.2) is 4.39 Å². The Labute approximate surface area is 92.9 Å². The zero-order valence-corrected chi connectivity index (χ0v) is 8.77. The highest BCUT2D eigenvalue weighted by atomic mass is 19.1. The lowest BCUT2D eigenvalue weighted by Gasteiger charge is -2.29. The van der Waals surface area contributed by atoms with Gasteiger partial charge in [-0.1, -0.05) is 12.1 Å². The topological polar surface area (TPSA) is 12.5 Å². The van der Waals surface area contributed by atoms with Crippen molar-refractivity contribution in [1.29, 1.82) is 0 Å². The number of ether oxygens (including phenoxy) is 1. The Morgan fingerprint density at radius 3 is 2.62 bits per heavy atom. The molecule has 0 amide bonds. The molecule has 0 fully saturated rings. The first-order valence-corrected chi connectivity index (χ1v) is 5.06. The number of nitrogens with zero attached hydrogens (tertiary/aromatic N) is 1. The van der Waals surface area contributed by atoms with Crippen LogP contribution in [0, 0.1) is 5.82 Å². The Bertz CT molecular complexity index is 553. The molecular weight excluding hydrogens is 205 g/mol. The van der Waals surface area contributed by atoms with E-state index >= 15 is 0 Å². The van der Waals surface area contributed by atoms with Gasteiger partial charge in [-0.2, -0.15) is 0 Å². The minimum absolute atomic E-state index is 0.256. The van der Waals surface area contributed by atoms with Crippen LogP contribution >= 0.6 is 0 Å². The monoisotopic (exact) mass is 215 g/mol. The molecule has 1 heterocycles. The number of para-hydroxylation sites is 2. The normalized spacial score (nSPS) is 12.8. The van der Waals surface area contributed by atoms with Crippen molar-refractivity contribution in [1.82, 2.24) is 0 Å². The number of fused-ring (bicyclic) bond motifs is 2. The molecule has 80 valence electrons. The Morgan fingerprint density at radius 2 is 1.75 bits per heavy atom. The molecule has 2 nitrogen and oxygen atoms in total. The fraction of sp³-hybridized carbons (Fsp3) is 0.0769. The summed E-state index contributed by atoms with van der Waals surface area (Å²) in [4.78, 5) is 1.93. The molecule has 16 heavy (non-hydrogen) atoms. The van der Waals surface area contributed by atoms with Gasteiger partial charge in [-0.3, -0.25) is 0 Å². The largest absolute Gasteiger partial charge is 0.453 e. The highest BCUT2D eigenvalue weighted by Gasteiger charge is 2.21. The maximum atomic E-state index is 13.2. The van der Waals surface area contributed by atoms with E-state index in [0.717, 1.165) is 17.1 Å². The maximum Gasteiger partial charge on any atom is 0.151 e. The van der Waals surface area contributed by atoms with Crippen molar-refractivity contribution in [2.45, 2.75) is 0 Å². The molecule has 0 saturated heterocycles. The van der Waals surface area contributed by atoms with Crippen LogP contribution in [0.25, 0.3) is 0 Å². The summed E-state index contributed by atoms with van der Waals surface area (Å²) >= 11 is 0. The molecule has 2 aromatic rings. The van der Waals surface area contributed by atoms with Crippen LogP contribution in [0.2, 0.25) is 0 Å². The summed E-state index contributed by atoms with van der Waals surface area (Å²) in [6, 6.07) is 12.2. The Kier molecular flexibility index (Phi) is 1.86. The fourth-order valence-electron chi connectivity index (χ4n) is 1.91. The van der Waals surface area contributed by atoms with Gasteiger partial charge in [0.25, 0.3) is 0 Å². The van der Waals surface area contributed by atoms with Crippen LogP contribution in [0.4, 0.5) is 15.8 Å². The van der Waals surface area contributed by atoms with Crippen LogP contribution in [0.15, 0.2) is 42.5 Å². The lowest BCUT2D eigenvalue weighted by Crippen LogP contribution is -2.15. The van der Waals surface area contributed by atoms with Crippen LogP contribution in [0.1, 0.15) is 0 Å².